The van der Waals surface area contributed by atoms with Gasteiger partial charge in [0.2, 0.25) is 0 Å². The number of rotatable bonds is 7. The molecule has 168 valence electrons. The first kappa shape index (κ1) is 23.7. The summed E-state index contributed by atoms with van der Waals surface area (Å²) in [4.78, 5) is 27.0. The first-order valence-electron chi connectivity index (χ1n) is 10.1. The van der Waals surface area contributed by atoms with E-state index in [1.165, 1.54) is 4.90 Å². The summed E-state index contributed by atoms with van der Waals surface area (Å²) in [6.45, 7) is 2.72. The number of carbonyl (C=O) groups is 2. The molecule has 0 N–H and O–H groups in total. The van der Waals surface area contributed by atoms with E-state index in [0.717, 1.165) is 26.5 Å². The van der Waals surface area contributed by atoms with Crippen LogP contribution in [0.4, 0.5) is 10.5 Å². The van der Waals surface area contributed by atoms with Gasteiger partial charge in [-0.3, -0.25) is 9.59 Å². The van der Waals surface area contributed by atoms with E-state index >= 15 is 0 Å². The van der Waals surface area contributed by atoms with Gasteiger partial charge >= 0.3 is 0 Å². The maximum atomic E-state index is 12.9. The molecular formula is C25H19ClINO4S. The summed E-state index contributed by atoms with van der Waals surface area (Å²) in [5.74, 6) is 0.862. The average Bonchev–Trinajstić information content (AvgIpc) is 3.08. The Morgan fingerprint density at radius 1 is 1.03 bits per heavy atom. The largest absolute Gasteiger partial charge is 0.490 e. The smallest absolute Gasteiger partial charge is 0.298 e. The van der Waals surface area contributed by atoms with Crippen LogP contribution >= 0.6 is 46.0 Å². The maximum absolute atomic E-state index is 12.9. The topological polar surface area (TPSA) is 55.8 Å². The number of halogens is 2. The third kappa shape index (κ3) is 5.54. The SMILES string of the molecule is CCOc1cc(/C=C2\SC(=O)N(c3ccccc3)C2=O)cc(I)c1OCc1ccc(Cl)cc1. The zero-order valence-corrected chi connectivity index (χ0v) is 21.3. The lowest BCUT2D eigenvalue weighted by molar-refractivity contribution is -0.113. The maximum Gasteiger partial charge on any atom is 0.298 e. The minimum Gasteiger partial charge on any atom is -0.490 e. The number of hydrogen-bond donors (Lipinski definition) is 0. The summed E-state index contributed by atoms with van der Waals surface area (Å²) in [5.41, 5.74) is 2.29. The van der Waals surface area contributed by atoms with Crippen LogP contribution in [0.5, 0.6) is 11.5 Å². The summed E-state index contributed by atoms with van der Waals surface area (Å²) in [7, 11) is 0. The van der Waals surface area contributed by atoms with E-state index in [9.17, 15) is 9.59 Å². The van der Waals surface area contributed by atoms with Gasteiger partial charge in [-0.1, -0.05) is 41.9 Å². The highest BCUT2D eigenvalue weighted by molar-refractivity contribution is 14.1. The molecule has 1 saturated heterocycles. The average molecular weight is 592 g/mol. The number of carbonyl (C=O) groups excluding carboxylic acids is 2. The van der Waals surface area contributed by atoms with Gasteiger partial charge in [-0.15, -0.1) is 0 Å². The molecule has 0 saturated carbocycles. The fourth-order valence-electron chi connectivity index (χ4n) is 3.23. The van der Waals surface area contributed by atoms with Crippen molar-refractivity contribution in [1.82, 2.24) is 0 Å². The van der Waals surface area contributed by atoms with Crippen molar-refractivity contribution in [2.45, 2.75) is 13.5 Å². The number of para-hydroxylation sites is 1. The molecule has 3 aromatic carbocycles. The Morgan fingerprint density at radius 2 is 1.76 bits per heavy atom. The molecule has 1 fully saturated rings. The Hall–Kier alpha value is -2.49. The highest BCUT2D eigenvalue weighted by Gasteiger charge is 2.36. The van der Waals surface area contributed by atoms with Crippen LogP contribution in [-0.2, 0) is 11.4 Å². The quantitative estimate of drug-likeness (QED) is 0.216. The van der Waals surface area contributed by atoms with Crippen LogP contribution in [-0.4, -0.2) is 17.8 Å². The van der Waals surface area contributed by atoms with Gasteiger partial charge in [0.15, 0.2) is 11.5 Å². The third-order valence-corrected chi connectivity index (χ3v) is 6.66. The monoisotopic (exact) mass is 591 g/mol. The van der Waals surface area contributed by atoms with Crippen LogP contribution in [0.15, 0.2) is 71.6 Å². The van der Waals surface area contributed by atoms with Crippen molar-refractivity contribution in [1.29, 1.82) is 0 Å². The van der Waals surface area contributed by atoms with Crippen LogP contribution < -0.4 is 14.4 Å². The number of nitrogens with zero attached hydrogens (tertiary/aromatic N) is 1. The Morgan fingerprint density at radius 3 is 2.45 bits per heavy atom. The van der Waals surface area contributed by atoms with E-state index in [4.69, 9.17) is 21.1 Å². The normalized spacial score (nSPS) is 14.8. The number of benzene rings is 3. The predicted octanol–water partition coefficient (Wildman–Crippen LogP) is 7.16. The lowest BCUT2D eigenvalue weighted by Gasteiger charge is -2.15. The van der Waals surface area contributed by atoms with Crippen LogP contribution in [0.25, 0.3) is 6.08 Å². The number of thioether (sulfide) groups is 1. The highest BCUT2D eigenvalue weighted by Crippen LogP contribution is 2.39. The summed E-state index contributed by atoms with van der Waals surface area (Å²) < 4.78 is 12.7. The molecule has 1 aliphatic rings. The highest BCUT2D eigenvalue weighted by atomic mass is 127. The molecule has 1 heterocycles. The number of amides is 2. The van der Waals surface area contributed by atoms with Gasteiger partial charge in [0.25, 0.3) is 11.1 Å². The molecule has 0 unspecified atom stereocenters. The van der Waals surface area contributed by atoms with E-state index in [2.05, 4.69) is 22.6 Å². The zero-order chi connectivity index (χ0) is 23.4. The molecule has 0 aliphatic carbocycles. The molecule has 0 aromatic heterocycles. The van der Waals surface area contributed by atoms with Gasteiger partial charge in [0.1, 0.15) is 6.61 Å². The van der Waals surface area contributed by atoms with E-state index < -0.39 is 0 Å². The van der Waals surface area contributed by atoms with E-state index in [-0.39, 0.29) is 11.1 Å². The van der Waals surface area contributed by atoms with Crippen molar-refractivity contribution >= 4 is 68.9 Å². The van der Waals surface area contributed by atoms with Crippen LogP contribution in [0, 0.1) is 3.57 Å². The Bertz CT molecular complexity index is 1220. The minimum atomic E-state index is -0.341. The number of anilines is 1. The molecule has 8 heteroatoms. The molecule has 0 radical (unpaired) electrons. The van der Waals surface area contributed by atoms with Crippen molar-refractivity contribution < 1.29 is 19.1 Å². The molecule has 1 aliphatic heterocycles. The van der Waals surface area contributed by atoms with Crippen molar-refractivity contribution in [2.24, 2.45) is 0 Å². The molecule has 2 amide bonds. The number of ether oxygens (including phenoxy) is 2. The standard InChI is InChI=1S/C25H19ClINO4S/c1-2-31-21-13-17(12-20(27)23(21)32-15-16-8-10-18(26)11-9-16)14-22-24(29)28(25(30)33-22)19-6-4-3-5-7-19/h3-14H,2,15H2,1H3/b22-14-. The van der Waals surface area contributed by atoms with Crippen LogP contribution in [0.1, 0.15) is 18.1 Å². The molecule has 4 rings (SSSR count). The van der Waals surface area contributed by atoms with Gasteiger partial charge in [-0.2, -0.15) is 0 Å². The molecule has 5 nitrogen and oxygen atoms in total. The van der Waals surface area contributed by atoms with E-state index in [1.807, 2.05) is 49.4 Å². The Balaban J connectivity index is 1.59. The van der Waals surface area contributed by atoms with Crippen molar-refractivity contribution in [3.8, 4) is 11.5 Å². The molecule has 0 bridgehead atoms. The van der Waals surface area contributed by atoms with Crippen molar-refractivity contribution in [3.63, 3.8) is 0 Å². The van der Waals surface area contributed by atoms with Gasteiger partial charge in [-0.05, 0) is 94.9 Å². The second kappa shape index (κ2) is 10.6. The van der Waals surface area contributed by atoms with E-state index in [1.54, 1.807) is 30.3 Å². The van der Waals surface area contributed by atoms with E-state index in [0.29, 0.717) is 40.3 Å². The lowest BCUT2D eigenvalue weighted by atomic mass is 10.1. The summed E-state index contributed by atoms with van der Waals surface area (Å²) in [6, 6.07) is 20.1. The summed E-state index contributed by atoms with van der Waals surface area (Å²) >= 11 is 9.06. The fraction of sp³-hybridized carbons (Fsp3) is 0.120. The predicted molar refractivity (Wildman–Crippen MR) is 141 cm³/mol. The lowest BCUT2D eigenvalue weighted by Crippen LogP contribution is -2.27. The van der Waals surface area contributed by atoms with Gasteiger partial charge in [0.05, 0.1) is 20.8 Å². The van der Waals surface area contributed by atoms with Crippen molar-refractivity contribution in [2.75, 3.05) is 11.5 Å². The molecular weight excluding hydrogens is 573 g/mol. The van der Waals surface area contributed by atoms with Crippen LogP contribution in [0.2, 0.25) is 5.02 Å². The first-order valence-corrected chi connectivity index (χ1v) is 12.4. The molecule has 3 aromatic rings. The second-order valence-corrected chi connectivity index (χ2v) is 9.62. The fourth-order valence-corrected chi connectivity index (χ4v) is 4.98. The van der Waals surface area contributed by atoms with Gasteiger partial charge in [0, 0.05) is 5.02 Å². The third-order valence-electron chi connectivity index (χ3n) is 4.73. The summed E-state index contributed by atoms with van der Waals surface area (Å²) in [6.07, 6.45) is 1.71. The Kier molecular flexibility index (Phi) is 7.62. The first-order chi connectivity index (χ1) is 16.0. The number of hydrogen-bond acceptors (Lipinski definition) is 5. The minimum absolute atomic E-state index is 0.319. The zero-order valence-electron chi connectivity index (χ0n) is 17.6. The van der Waals surface area contributed by atoms with Crippen molar-refractivity contribution in [3.05, 3.63) is 91.4 Å². The number of imide groups is 1. The summed E-state index contributed by atoms with van der Waals surface area (Å²) in [5, 5.41) is 0.351. The van der Waals surface area contributed by atoms with Gasteiger partial charge in [-0.25, -0.2) is 4.90 Å². The van der Waals surface area contributed by atoms with Gasteiger partial charge < -0.3 is 9.47 Å². The molecule has 0 atom stereocenters. The Labute approximate surface area is 214 Å². The second-order valence-electron chi connectivity index (χ2n) is 7.03. The van der Waals surface area contributed by atoms with Crippen LogP contribution in [0.3, 0.4) is 0 Å². The molecule has 33 heavy (non-hydrogen) atoms. The molecule has 0 spiro atoms.